The third-order valence-corrected chi connectivity index (χ3v) is 4.87. The maximum Gasteiger partial charge on any atom is 0.338 e. The van der Waals surface area contributed by atoms with E-state index in [1.54, 1.807) is 19.1 Å². The lowest BCUT2D eigenvalue weighted by molar-refractivity contribution is 0.0526. The molecule has 0 fully saturated rings. The van der Waals surface area contributed by atoms with Crippen molar-refractivity contribution in [2.24, 2.45) is 4.99 Å². The van der Waals surface area contributed by atoms with Gasteiger partial charge in [-0.05, 0) is 74.1 Å². The summed E-state index contributed by atoms with van der Waals surface area (Å²) in [5.74, 6) is -0.306. The number of rotatable bonds is 4. The molecule has 27 heavy (non-hydrogen) atoms. The summed E-state index contributed by atoms with van der Waals surface area (Å²) in [6.45, 7) is 11.2. The lowest BCUT2D eigenvalue weighted by Gasteiger charge is -2.43. The van der Waals surface area contributed by atoms with E-state index in [0.717, 1.165) is 17.7 Å². The van der Waals surface area contributed by atoms with Crippen molar-refractivity contribution in [2.45, 2.75) is 52.0 Å². The molecule has 3 rings (SSSR count). The van der Waals surface area contributed by atoms with Crippen LogP contribution in [0.2, 0.25) is 0 Å². The molecule has 2 aromatic rings. The van der Waals surface area contributed by atoms with Crippen molar-refractivity contribution >= 4 is 23.6 Å². The molecule has 4 nitrogen and oxygen atoms in total. The fourth-order valence-corrected chi connectivity index (χ4v) is 3.99. The first kappa shape index (κ1) is 19.2. The van der Waals surface area contributed by atoms with Gasteiger partial charge in [0.05, 0.1) is 17.9 Å². The number of fused-ring (bicyclic) bond motifs is 1. The molecule has 0 spiro atoms. The summed E-state index contributed by atoms with van der Waals surface area (Å²) in [5.41, 5.74) is 5.12. The van der Waals surface area contributed by atoms with Crippen molar-refractivity contribution in [3.05, 3.63) is 59.2 Å². The van der Waals surface area contributed by atoms with Crippen LogP contribution in [0.3, 0.4) is 0 Å². The molecule has 2 aromatic carbocycles. The molecule has 0 amide bonds. The zero-order valence-corrected chi connectivity index (χ0v) is 16.8. The number of nitrogens with one attached hydrogen (secondary N) is 1. The van der Waals surface area contributed by atoms with E-state index in [9.17, 15) is 4.79 Å². The summed E-state index contributed by atoms with van der Waals surface area (Å²) < 4.78 is 5.00. The summed E-state index contributed by atoms with van der Waals surface area (Å²) in [4.78, 5) is 16.2. The van der Waals surface area contributed by atoms with Gasteiger partial charge in [-0.15, -0.1) is 0 Å². The summed E-state index contributed by atoms with van der Waals surface area (Å²) in [6.07, 6.45) is 2.95. The van der Waals surface area contributed by atoms with Gasteiger partial charge in [-0.25, -0.2) is 4.79 Å². The van der Waals surface area contributed by atoms with Crippen LogP contribution in [-0.2, 0) is 10.2 Å². The molecule has 1 aliphatic rings. The van der Waals surface area contributed by atoms with Gasteiger partial charge >= 0.3 is 5.97 Å². The Labute approximate surface area is 161 Å². The van der Waals surface area contributed by atoms with Crippen LogP contribution >= 0.6 is 0 Å². The second kappa shape index (κ2) is 7.18. The molecule has 0 radical (unpaired) electrons. The number of carbonyl (C=O) groups is 1. The number of ether oxygens (including phenoxy) is 1. The minimum atomic E-state index is -0.306. The lowest BCUT2D eigenvalue weighted by Crippen LogP contribution is -2.43. The van der Waals surface area contributed by atoms with E-state index >= 15 is 0 Å². The highest BCUT2D eigenvalue weighted by Crippen LogP contribution is 2.43. The molecular formula is C23H28N2O2. The number of carbonyl (C=O) groups excluding carboxylic acids is 1. The van der Waals surface area contributed by atoms with Crippen LogP contribution in [0.25, 0.3) is 0 Å². The van der Waals surface area contributed by atoms with Gasteiger partial charge in [0.15, 0.2) is 0 Å². The predicted molar refractivity (Wildman–Crippen MR) is 111 cm³/mol. The molecule has 0 atom stereocenters. The zero-order valence-electron chi connectivity index (χ0n) is 16.8. The van der Waals surface area contributed by atoms with E-state index in [0.29, 0.717) is 12.2 Å². The Hall–Kier alpha value is -2.62. The van der Waals surface area contributed by atoms with Gasteiger partial charge in [-0.3, -0.25) is 4.99 Å². The standard InChI is InChI=1S/C23H28N2O2/c1-6-27-21(26)17-8-10-18(11-9-17)24-14-16-7-12-19-20(13-16)25-23(4,5)15-22(19,2)3/h7-14,25H,6,15H2,1-5H3. The molecule has 0 saturated heterocycles. The summed E-state index contributed by atoms with van der Waals surface area (Å²) >= 11 is 0. The minimum absolute atomic E-state index is 0.0647. The average molecular weight is 364 g/mol. The Kier molecular flexibility index (Phi) is 5.09. The molecule has 1 heterocycles. The number of aliphatic imine (C=N–C) groups is 1. The van der Waals surface area contributed by atoms with E-state index in [4.69, 9.17) is 4.74 Å². The highest BCUT2D eigenvalue weighted by molar-refractivity contribution is 5.90. The maximum absolute atomic E-state index is 11.7. The van der Waals surface area contributed by atoms with E-state index in [2.05, 4.69) is 56.2 Å². The van der Waals surface area contributed by atoms with Crippen LogP contribution in [0.1, 0.15) is 62.5 Å². The van der Waals surface area contributed by atoms with Crippen molar-refractivity contribution in [2.75, 3.05) is 11.9 Å². The van der Waals surface area contributed by atoms with Crippen molar-refractivity contribution in [1.82, 2.24) is 0 Å². The molecule has 0 saturated carbocycles. The first-order valence-electron chi connectivity index (χ1n) is 9.44. The molecule has 1 N–H and O–H groups in total. The Bertz CT molecular complexity index is 864. The van der Waals surface area contributed by atoms with Crippen LogP contribution in [0.4, 0.5) is 11.4 Å². The van der Waals surface area contributed by atoms with Gasteiger partial charge in [-0.1, -0.05) is 26.0 Å². The number of nitrogens with zero attached hydrogens (tertiary/aromatic N) is 1. The van der Waals surface area contributed by atoms with Crippen molar-refractivity contribution in [3.8, 4) is 0 Å². The van der Waals surface area contributed by atoms with Gasteiger partial charge < -0.3 is 10.1 Å². The SMILES string of the molecule is CCOC(=O)c1ccc(N=Cc2ccc3c(c2)NC(C)(C)CC3(C)C)cc1. The van der Waals surface area contributed by atoms with Crippen LogP contribution in [0, 0.1) is 0 Å². The van der Waals surface area contributed by atoms with Crippen LogP contribution < -0.4 is 5.32 Å². The number of hydrogen-bond acceptors (Lipinski definition) is 4. The summed E-state index contributed by atoms with van der Waals surface area (Å²) in [7, 11) is 0. The fourth-order valence-electron chi connectivity index (χ4n) is 3.99. The average Bonchev–Trinajstić information content (AvgIpc) is 2.58. The van der Waals surface area contributed by atoms with E-state index < -0.39 is 0 Å². The number of hydrogen-bond donors (Lipinski definition) is 1. The highest BCUT2D eigenvalue weighted by Gasteiger charge is 2.36. The zero-order chi connectivity index (χ0) is 19.7. The minimum Gasteiger partial charge on any atom is -0.462 e. The van der Waals surface area contributed by atoms with Gasteiger partial charge in [0.1, 0.15) is 0 Å². The molecule has 0 aromatic heterocycles. The second-order valence-electron chi connectivity index (χ2n) is 8.40. The Balaban J connectivity index is 1.80. The van der Waals surface area contributed by atoms with Crippen molar-refractivity contribution in [1.29, 1.82) is 0 Å². The van der Waals surface area contributed by atoms with Crippen molar-refractivity contribution in [3.63, 3.8) is 0 Å². The van der Waals surface area contributed by atoms with Crippen LogP contribution in [0.15, 0.2) is 47.5 Å². The van der Waals surface area contributed by atoms with E-state index in [1.807, 2.05) is 18.3 Å². The molecule has 142 valence electrons. The number of esters is 1. The van der Waals surface area contributed by atoms with Gasteiger partial charge in [-0.2, -0.15) is 0 Å². The predicted octanol–water partition coefficient (Wildman–Crippen LogP) is 5.49. The van der Waals surface area contributed by atoms with Gasteiger partial charge in [0, 0.05) is 17.4 Å². The van der Waals surface area contributed by atoms with Gasteiger partial charge in [0.2, 0.25) is 0 Å². The van der Waals surface area contributed by atoms with Gasteiger partial charge in [0.25, 0.3) is 0 Å². The number of anilines is 1. The molecule has 0 bridgehead atoms. The Morgan fingerprint density at radius 1 is 1.15 bits per heavy atom. The Morgan fingerprint density at radius 2 is 1.85 bits per heavy atom. The van der Waals surface area contributed by atoms with E-state index in [1.165, 1.54) is 11.3 Å². The summed E-state index contributed by atoms with van der Waals surface area (Å²) in [6, 6.07) is 13.6. The fraction of sp³-hybridized carbons (Fsp3) is 0.391. The highest BCUT2D eigenvalue weighted by atomic mass is 16.5. The second-order valence-corrected chi connectivity index (χ2v) is 8.40. The normalized spacial score (nSPS) is 17.2. The van der Waals surface area contributed by atoms with Crippen LogP contribution in [-0.4, -0.2) is 24.3 Å². The smallest absolute Gasteiger partial charge is 0.338 e. The lowest BCUT2D eigenvalue weighted by atomic mass is 9.71. The molecular weight excluding hydrogens is 336 g/mol. The molecule has 4 heteroatoms. The first-order chi connectivity index (χ1) is 12.7. The maximum atomic E-state index is 11.7. The molecule has 1 aliphatic heterocycles. The molecule has 0 aliphatic carbocycles. The monoisotopic (exact) mass is 364 g/mol. The topological polar surface area (TPSA) is 50.7 Å². The van der Waals surface area contributed by atoms with Crippen molar-refractivity contribution < 1.29 is 9.53 Å². The third kappa shape index (κ3) is 4.38. The Morgan fingerprint density at radius 3 is 2.52 bits per heavy atom. The summed E-state index contributed by atoms with van der Waals surface area (Å²) in [5, 5.41) is 3.65. The van der Waals surface area contributed by atoms with Crippen LogP contribution in [0.5, 0.6) is 0 Å². The quantitative estimate of drug-likeness (QED) is 0.577. The number of benzene rings is 2. The third-order valence-electron chi connectivity index (χ3n) is 4.87. The van der Waals surface area contributed by atoms with E-state index in [-0.39, 0.29) is 16.9 Å². The largest absolute Gasteiger partial charge is 0.462 e. The molecule has 0 unspecified atom stereocenters. The first-order valence-corrected chi connectivity index (χ1v) is 9.44.